The van der Waals surface area contributed by atoms with Gasteiger partial charge in [-0.25, -0.2) is 4.57 Å². The van der Waals surface area contributed by atoms with Gasteiger partial charge in [-0.1, -0.05) is 167 Å². The topological polar surface area (TPSA) is 177 Å². The van der Waals surface area contributed by atoms with Crippen LogP contribution in [0.25, 0.3) is 0 Å². The van der Waals surface area contributed by atoms with E-state index >= 15 is 0 Å². The Morgan fingerprint density at radius 3 is 1.80 bits per heavy atom. The molecule has 0 radical (unpaired) electrons. The van der Waals surface area contributed by atoms with Gasteiger partial charge in [-0.15, -0.1) is 0 Å². The van der Waals surface area contributed by atoms with Crippen LogP contribution in [0.1, 0.15) is 194 Å². The van der Waals surface area contributed by atoms with Crippen molar-refractivity contribution in [2.24, 2.45) is 11.8 Å². The van der Waals surface area contributed by atoms with Crippen LogP contribution in [0, 0.1) is 11.8 Å². The average molecular weight is 815 g/mol. The largest absolute Gasteiger partial charge is 0.469 e. The highest BCUT2D eigenvalue weighted by Crippen LogP contribution is 2.36. The Labute approximate surface area is 339 Å². The summed E-state index contributed by atoms with van der Waals surface area (Å²) in [7, 11) is -4.83. The maximum atomic E-state index is 12.5. The van der Waals surface area contributed by atoms with Crippen molar-refractivity contribution in [3.8, 4) is 0 Å². The van der Waals surface area contributed by atoms with Crippen molar-refractivity contribution in [2.75, 3.05) is 13.2 Å². The molecule has 0 unspecified atom stereocenters. The molecule has 0 bridgehead atoms. The van der Waals surface area contributed by atoms with Crippen LogP contribution in [0.4, 0.5) is 0 Å². The molecule has 56 heavy (non-hydrogen) atoms. The number of allylic oxidation sites excluding steroid dienone is 3. The summed E-state index contributed by atoms with van der Waals surface area (Å²) in [5.74, 6) is -1.84. The van der Waals surface area contributed by atoms with Crippen LogP contribution in [0.2, 0.25) is 0 Å². The molecule has 12 heteroatoms. The molecule has 0 aliphatic heterocycles. The second-order valence-corrected chi connectivity index (χ2v) is 17.1. The standard InChI is InChI=1S/C44H79O11P/c1-3-5-7-8-9-10-11-12-13-14-15-16-17-18-19-20-21-26-30-43(48)53-35-38(36-54-56(50,51)52)55-44(49)31-27-23-22-25-29-39-40(42(47)34-41(39)46)33-32-37(45)28-24-6-4-2/h22,25,32-33,37-41,45-46H,3-21,23-24,26-31,34-36H2,1-2H3,(H2,50,51,52)/b25-22-,33-32+/t37-,38+,39+,40+,41-/m0/s1. The summed E-state index contributed by atoms with van der Waals surface area (Å²) < 4.78 is 26.4. The van der Waals surface area contributed by atoms with Crippen molar-refractivity contribution in [3.05, 3.63) is 24.3 Å². The molecule has 0 heterocycles. The van der Waals surface area contributed by atoms with Crippen LogP contribution in [-0.4, -0.2) is 69.2 Å². The quantitative estimate of drug-likeness (QED) is 0.0203. The van der Waals surface area contributed by atoms with Crippen molar-refractivity contribution in [1.82, 2.24) is 0 Å². The highest BCUT2D eigenvalue weighted by molar-refractivity contribution is 7.46. The van der Waals surface area contributed by atoms with Crippen LogP contribution < -0.4 is 0 Å². The Hall–Kier alpha value is -1.88. The van der Waals surface area contributed by atoms with E-state index in [4.69, 9.17) is 19.3 Å². The third-order valence-corrected chi connectivity index (χ3v) is 11.1. The van der Waals surface area contributed by atoms with Crippen molar-refractivity contribution < 1.29 is 52.9 Å². The van der Waals surface area contributed by atoms with E-state index in [1.165, 1.54) is 89.9 Å². The number of phosphoric acid groups is 1. The summed E-state index contributed by atoms with van der Waals surface area (Å²) in [6.07, 6.45) is 32.7. The van der Waals surface area contributed by atoms with Crippen LogP contribution >= 0.6 is 7.82 Å². The predicted octanol–water partition coefficient (Wildman–Crippen LogP) is 10.2. The first-order valence-corrected chi connectivity index (χ1v) is 23.8. The molecule has 326 valence electrons. The summed E-state index contributed by atoms with van der Waals surface area (Å²) in [6.45, 7) is 3.38. The second-order valence-electron chi connectivity index (χ2n) is 15.8. The van der Waals surface area contributed by atoms with Gasteiger partial charge in [-0.3, -0.25) is 18.9 Å². The van der Waals surface area contributed by atoms with Crippen molar-refractivity contribution in [2.45, 2.75) is 212 Å². The lowest BCUT2D eigenvalue weighted by Crippen LogP contribution is -2.29. The predicted molar refractivity (Wildman–Crippen MR) is 222 cm³/mol. The summed E-state index contributed by atoms with van der Waals surface area (Å²) >= 11 is 0. The first-order chi connectivity index (χ1) is 27.0. The lowest BCUT2D eigenvalue weighted by Gasteiger charge is -2.18. The minimum atomic E-state index is -4.83. The van der Waals surface area contributed by atoms with Crippen molar-refractivity contribution in [1.29, 1.82) is 0 Å². The summed E-state index contributed by atoms with van der Waals surface area (Å²) in [5.41, 5.74) is 0. The smallest absolute Gasteiger partial charge is 0.462 e. The number of esters is 2. The molecular formula is C44H79O11P. The van der Waals surface area contributed by atoms with Gasteiger partial charge in [0, 0.05) is 31.1 Å². The molecule has 1 fully saturated rings. The molecule has 1 rings (SSSR count). The summed E-state index contributed by atoms with van der Waals surface area (Å²) in [5, 5.41) is 20.7. The van der Waals surface area contributed by atoms with Crippen LogP contribution in [0.3, 0.4) is 0 Å². The van der Waals surface area contributed by atoms with Crippen LogP contribution in [-0.2, 0) is 32.9 Å². The van der Waals surface area contributed by atoms with Gasteiger partial charge >= 0.3 is 19.8 Å². The number of Topliss-reactive ketones (excluding diaryl/α,β-unsaturated/α-hetero) is 1. The van der Waals surface area contributed by atoms with Crippen LogP contribution in [0.15, 0.2) is 24.3 Å². The van der Waals surface area contributed by atoms with Gasteiger partial charge in [0.25, 0.3) is 0 Å². The van der Waals surface area contributed by atoms with E-state index in [2.05, 4.69) is 18.4 Å². The highest BCUT2D eigenvalue weighted by Gasteiger charge is 2.39. The number of aliphatic hydroxyl groups is 2. The summed E-state index contributed by atoms with van der Waals surface area (Å²) in [6, 6.07) is 0. The number of phosphoric ester groups is 1. The molecule has 0 saturated heterocycles. The third-order valence-electron chi connectivity index (χ3n) is 10.6. The molecule has 11 nitrogen and oxygen atoms in total. The lowest BCUT2D eigenvalue weighted by atomic mass is 9.90. The number of ether oxygens (including phenoxy) is 2. The second kappa shape index (κ2) is 34.0. The molecule has 0 aromatic carbocycles. The number of aliphatic hydroxyl groups excluding tert-OH is 2. The van der Waals surface area contributed by atoms with E-state index in [-0.39, 0.29) is 37.6 Å². The number of rotatable bonds is 37. The van der Waals surface area contributed by atoms with Gasteiger partial charge in [0.05, 0.1) is 18.8 Å². The number of ketones is 1. The zero-order valence-electron chi connectivity index (χ0n) is 35.0. The maximum absolute atomic E-state index is 12.5. The lowest BCUT2D eigenvalue weighted by molar-refractivity contribution is -0.161. The van der Waals surface area contributed by atoms with Gasteiger partial charge in [-0.05, 0) is 32.1 Å². The Kier molecular flexibility index (Phi) is 31.7. The number of hydrogen-bond donors (Lipinski definition) is 4. The van der Waals surface area contributed by atoms with Gasteiger partial charge in [0.15, 0.2) is 6.10 Å². The Balaban J connectivity index is 2.24. The summed E-state index contributed by atoms with van der Waals surface area (Å²) in [4.78, 5) is 55.6. The highest BCUT2D eigenvalue weighted by atomic mass is 31.2. The van der Waals surface area contributed by atoms with E-state index in [1.54, 1.807) is 12.2 Å². The number of carbonyl (C=O) groups excluding carboxylic acids is 3. The van der Waals surface area contributed by atoms with Gasteiger partial charge in [0.1, 0.15) is 12.4 Å². The molecular weight excluding hydrogens is 735 g/mol. The minimum absolute atomic E-state index is 0.0236. The van der Waals surface area contributed by atoms with Gasteiger partial charge < -0.3 is 29.5 Å². The zero-order valence-corrected chi connectivity index (χ0v) is 35.9. The Bertz CT molecular complexity index is 1120. The molecule has 5 atom stereocenters. The zero-order chi connectivity index (χ0) is 41.3. The number of unbranched alkanes of at least 4 members (excludes halogenated alkanes) is 20. The maximum Gasteiger partial charge on any atom is 0.469 e. The van der Waals surface area contributed by atoms with Gasteiger partial charge in [-0.2, -0.15) is 0 Å². The van der Waals surface area contributed by atoms with Gasteiger partial charge in [0.2, 0.25) is 0 Å². The van der Waals surface area contributed by atoms with Crippen LogP contribution in [0.5, 0.6) is 0 Å². The molecule has 0 amide bonds. The molecule has 0 aromatic heterocycles. The van der Waals surface area contributed by atoms with E-state index in [0.29, 0.717) is 32.1 Å². The monoisotopic (exact) mass is 815 g/mol. The SMILES string of the molecule is CCCCCCCCCCCCCCCCCCCCC(=O)OC[C@H](COP(=O)(O)O)OC(=O)CCC/C=C\C[C@H]1[C@@H](O)CC(=O)[C@@H]1/C=C/[C@@H](O)CCCCC. The molecule has 1 saturated carbocycles. The third kappa shape index (κ3) is 29.4. The van der Waals surface area contributed by atoms with Crippen molar-refractivity contribution >= 4 is 25.5 Å². The molecule has 0 spiro atoms. The number of carbonyl (C=O) groups is 3. The van der Waals surface area contributed by atoms with E-state index in [9.17, 15) is 29.2 Å². The average Bonchev–Trinajstić information content (AvgIpc) is 3.42. The van der Waals surface area contributed by atoms with E-state index in [1.807, 2.05) is 12.2 Å². The normalized spacial score (nSPS) is 18.6. The molecule has 4 N–H and O–H groups in total. The molecule has 0 aromatic rings. The fourth-order valence-corrected chi connectivity index (χ4v) is 7.54. The Morgan fingerprint density at radius 1 is 0.732 bits per heavy atom. The fraction of sp³-hybridized carbons (Fsp3) is 0.841. The van der Waals surface area contributed by atoms with E-state index < -0.39 is 50.6 Å². The van der Waals surface area contributed by atoms with E-state index in [0.717, 1.165) is 38.5 Å². The Morgan fingerprint density at radius 2 is 1.25 bits per heavy atom. The first-order valence-electron chi connectivity index (χ1n) is 22.2. The number of hydrogen-bond acceptors (Lipinski definition) is 9. The molecule has 1 aliphatic rings. The minimum Gasteiger partial charge on any atom is -0.462 e. The first kappa shape index (κ1) is 52.1. The molecule has 1 aliphatic carbocycles. The fourth-order valence-electron chi connectivity index (χ4n) is 7.18. The van der Waals surface area contributed by atoms with Crippen molar-refractivity contribution in [3.63, 3.8) is 0 Å².